The van der Waals surface area contributed by atoms with E-state index in [-0.39, 0.29) is 0 Å². The third-order valence-corrected chi connectivity index (χ3v) is 5.48. The Kier molecular flexibility index (Phi) is 7.45. The molecule has 10 heteroatoms. The van der Waals surface area contributed by atoms with Crippen molar-refractivity contribution in [2.24, 2.45) is 0 Å². The van der Waals surface area contributed by atoms with Crippen LogP contribution in [0.5, 0.6) is 5.75 Å². The molecule has 0 aromatic carbocycles. The SMILES string of the molecule is CC(=O)O[C@@H]1[C@@H](OC(C)=O)[C@@H](Oc2ccnc(-c3ccncc3)c2)SC[C@H]1OC(C)=O. The van der Waals surface area contributed by atoms with Gasteiger partial charge in [-0.15, -0.1) is 11.8 Å². The van der Waals surface area contributed by atoms with Gasteiger partial charge in [-0.3, -0.25) is 24.4 Å². The first-order chi connectivity index (χ1) is 14.8. The monoisotopic (exact) mass is 446 g/mol. The van der Waals surface area contributed by atoms with Gasteiger partial charge in [0.25, 0.3) is 0 Å². The molecule has 0 bridgehead atoms. The minimum atomic E-state index is -1.00. The van der Waals surface area contributed by atoms with E-state index in [0.717, 1.165) is 5.56 Å². The van der Waals surface area contributed by atoms with Gasteiger partial charge in [0, 0.05) is 56.7 Å². The van der Waals surface area contributed by atoms with Crippen molar-refractivity contribution >= 4 is 29.7 Å². The van der Waals surface area contributed by atoms with Crippen LogP contribution in [0, 0.1) is 0 Å². The fraction of sp³-hybridized carbons (Fsp3) is 0.381. The van der Waals surface area contributed by atoms with Crippen LogP contribution >= 0.6 is 11.8 Å². The molecule has 0 spiro atoms. The number of rotatable bonds is 6. The summed E-state index contributed by atoms with van der Waals surface area (Å²) in [5.41, 5.74) is 0.841. The molecule has 0 radical (unpaired) electrons. The normalized spacial score (nSPS) is 22.8. The van der Waals surface area contributed by atoms with Crippen LogP contribution in [0.1, 0.15) is 20.8 Å². The van der Waals surface area contributed by atoms with Gasteiger partial charge in [-0.05, 0) is 18.2 Å². The van der Waals surface area contributed by atoms with Crippen LogP contribution in [0.4, 0.5) is 0 Å². The average Bonchev–Trinajstić information content (AvgIpc) is 2.72. The predicted octanol–water partition coefficient (Wildman–Crippen LogP) is 2.39. The molecule has 31 heavy (non-hydrogen) atoms. The van der Waals surface area contributed by atoms with Crippen molar-refractivity contribution in [3.8, 4) is 17.0 Å². The van der Waals surface area contributed by atoms with Gasteiger partial charge in [-0.2, -0.15) is 0 Å². The molecule has 2 aromatic heterocycles. The molecule has 2 aromatic rings. The van der Waals surface area contributed by atoms with Crippen LogP contribution < -0.4 is 4.74 Å². The first-order valence-corrected chi connectivity index (χ1v) is 10.5. The van der Waals surface area contributed by atoms with E-state index in [1.54, 1.807) is 30.7 Å². The summed E-state index contributed by atoms with van der Waals surface area (Å²) in [6.07, 6.45) is 2.17. The molecule has 1 aliphatic rings. The highest BCUT2D eigenvalue weighted by Crippen LogP contribution is 2.34. The Morgan fingerprint density at radius 1 is 0.903 bits per heavy atom. The van der Waals surface area contributed by atoms with E-state index in [4.69, 9.17) is 18.9 Å². The molecule has 3 rings (SSSR count). The Labute approximate surface area is 183 Å². The smallest absolute Gasteiger partial charge is 0.303 e. The highest BCUT2D eigenvalue weighted by molar-refractivity contribution is 7.99. The maximum Gasteiger partial charge on any atom is 0.303 e. The van der Waals surface area contributed by atoms with Crippen LogP contribution in [-0.4, -0.2) is 57.4 Å². The number of hydrogen-bond acceptors (Lipinski definition) is 10. The summed E-state index contributed by atoms with van der Waals surface area (Å²) in [5, 5.41) is 0. The van der Waals surface area contributed by atoms with E-state index in [1.165, 1.54) is 32.5 Å². The third-order valence-electron chi connectivity index (χ3n) is 4.26. The van der Waals surface area contributed by atoms with Crippen LogP contribution in [-0.2, 0) is 28.6 Å². The zero-order chi connectivity index (χ0) is 22.4. The lowest BCUT2D eigenvalue weighted by atomic mass is 10.1. The van der Waals surface area contributed by atoms with Gasteiger partial charge in [0.2, 0.25) is 0 Å². The Hall–Kier alpha value is -3.14. The maximum absolute atomic E-state index is 11.8. The summed E-state index contributed by atoms with van der Waals surface area (Å²) in [6, 6.07) is 7.07. The topological polar surface area (TPSA) is 114 Å². The molecule has 0 aliphatic carbocycles. The summed E-state index contributed by atoms with van der Waals surface area (Å²) in [4.78, 5) is 43.3. The quantitative estimate of drug-likeness (QED) is 0.484. The Morgan fingerprint density at radius 2 is 1.55 bits per heavy atom. The molecule has 9 nitrogen and oxygen atoms in total. The molecule has 3 heterocycles. The molecule has 1 saturated heterocycles. The van der Waals surface area contributed by atoms with Crippen molar-refractivity contribution in [2.45, 2.75) is 44.5 Å². The lowest BCUT2D eigenvalue weighted by Crippen LogP contribution is -2.55. The van der Waals surface area contributed by atoms with E-state index < -0.39 is 41.7 Å². The van der Waals surface area contributed by atoms with Gasteiger partial charge >= 0.3 is 17.9 Å². The van der Waals surface area contributed by atoms with Gasteiger partial charge < -0.3 is 18.9 Å². The van der Waals surface area contributed by atoms with Crippen molar-refractivity contribution in [3.63, 3.8) is 0 Å². The summed E-state index contributed by atoms with van der Waals surface area (Å²) in [5.74, 6) is -0.910. The first kappa shape index (κ1) is 22.5. The molecule has 1 fully saturated rings. The number of esters is 3. The standard InChI is InChI=1S/C21H22N2O7S/c1-12(24)27-18-11-31-21(20(29-14(3)26)19(18)28-13(2)25)30-16-6-9-23-17(10-16)15-4-7-22-8-5-15/h4-10,18-21H,11H2,1-3H3/t18-,19+,20-,21+/m1/s1. The molecular formula is C21H22N2O7S. The highest BCUT2D eigenvalue weighted by Gasteiger charge is 2.47. The number of pyridine rings is 2. The number of thioether (sulfide) groups is 1. The van der Waals surface area contributed by atoms with Crippen LogP contribution in [0.3, 0.4) is 0 Å². The third kappa shape index (κ3) is 6.17. The summed E-state index contributed by atoms with van der Waals surface area (Å²) >= 11 is 1.29. The van der Waals surface area contributed by atoms with Crippen molar-refractivity contribution in [2.75, 3.05) is 5.75 Å². The maximum atomic E-state index is 11.8. The van der Waals surface area contributed by atoms with Gasteiger partial charge in [0.05, 0.1) is 5.69 Å². The Balaban J connectivity index is 1.86. The molecule has 0 N–H and O–H groups in total. The fourth-order valence-corrected chi connectivity index (χ4v) is 4.33. The Bertz CT molecular complexity index is 940. The van der Waals surface area contributed by atoms with Crippen LogP contribution in [0.25, 0.3) is 11.3 Å². The zero-order valence-corrected chi connectivity index (χ0v) is 18.0. The Morgan fingerprint density at radius 3 is 2.19 bits per heavy atom. The van der Waals surface area contributed by atoms with E-state index in [2.05, 4.69) is 9.97 Å². The minimum Gasteiger partial charge on any atom is -0.476 e. The molecule has 1 aliphatic heterocycles. The van der Waals surface area contributed by atoms with Crippen molar-refractivity contribution < 1.29 is 33.3 Å². The van der Waals surface area contributed by atoms with E-state index in [0.29, 0.717) is 17.2 Å². The zero-order valence-electron chi connectivity index (χ0n) is 17.2. The lowest BCUT2D eigenvalue weighted by molar-refractivity contribution is -0.186. The highest BCUT2D eigenvalue weighted by atomic mass is 32.2. The number of carbonyl (C=O) groups is 3. The average molecular weight is 446 g/mol. The number of ether oxygens (including phenoxy) is 4. The first-order valence-electron chi connectivity index (χ1n) is 9.50. The van der Waals surface area contributed by atoms with E-state index in [1.807, 2.05) is 12.1 Å². The van der Waals surface area contributed by atoms with E-state index in [9.17, 15) is 14.4 Å². The van der Waals surface area contributed by atoms with Gasteiger partial charge in [0.1, 0.15) is 5.75 Å². The molecular weight excluding hydrogens is 424 g/mol. The van der Waals surface area contributed by atoms with Gasteiger partial charge in [0.15, 0.2) is 23.7 Å². The van der Waals surface area contributed by atoms with Crippen molar-refractivity contribution in [1.29, 1.82) is 0 Å². The second-order valence-electron chi connectivity index (χ2n) is 6.73. The minimum absolute atomic E-state index is 0.294. The molecule has 164 valence electrons. The predicted molar refractivity (Wildman–Crippen MR) is 111 cm³/mol. The van der Waals surface area contributed by atoms with Gasteiger partial charge in [-0.1, -0.05) is 0 Å². The second kappa shape index (κ2) is 10.3. The number of aromatic nitrogens is 2. The molecule has 0 unspecified atom stereocenters. The molecule has 0 amide bonds. The van der Waals surface area contributed by atoms with E-state index >= 15 is 0 Å². The fourth-order valence-electron chi connectivity index (χ4n) is 3.11. The van der Waals surface area contributed by atoms with Gasteiger partial charge in [-0.25, -0.2) is 0 Å². The summed E-state index contributed by atoms with van der Waals surface area (Å²) in [7, 11) is 0. The molecule has 4 atom stereocenters. The summed E-state index contributed by atoms with van der Waals surface area (Å²) < 4.78 is 22.2. The van der Waals surface area contributed by atoms with Crippen molar-refractivity contribution in [1.82, 2.24) is 9.97 Å². The number of carbonyl (C=O) groups excluding carboxylic acids is 3. The largest absolute Gasteiger partial charge is 0.476 e. The summed E-state index contributed by atoms with van der Waals surface area (Å²) in [6.45, 7) is 3.74. The second-order valence-corrected chi connectivity index (χ2v) is 7.86. The number of nitrogens with zero attached hydrogens (tertiary/aromatic N) is 2. The lowest BCUT2D eigenvalue weighted by Gasteiger charge is -2.39. The van der Waals surface area contributed by atoms with Crippen molar-refractivity contribution in [3.05, 3.63) is 42.9 Å². The van der Waals surface area contributed by atoms with Crippen LogP contribution in [0.2, 0.25) is 0 Å². The molecule has 0 saturated carbocycles. The number of hydrogen-bond donors (Lipinski definition) is 0. The van der Waals surface area contributed by atoms with Crippen LogP contribution in [0.15, 0.2) is 42.9 Å².